The average molecular weight is 353 g/mol. The number of aromatic nitrogens is 5. The number of carbonyl (C=O) groups excluding carboxylic acids is 1. The molecule has 3 rings (SSSR count). The first-order valence-corrected chi connectivity index (χ1v) is 8.49. The molecular formula is C18H23N7O. The van der Waals surface area contributed by atoms with E-state index in [1.807, 2.05) is 26.0 Å². The van der Waals surface area contributed by atoms with Crippen LogP contribution in [0.15, 0.2) is 43.1 Å². The molecule has 0 fully saturated rings. The molecule has 0 aliphatic heterocycles. The van der Waals surface area contributed by atoms with E-state index in [0.29, 0.717) is 18.9 Å². The second-order valence-corrected chi connectivity index (χ2v) is 6.44. The first-order valence-electron chi connectivity index (χ1n) is 8.49. The zero-order valence-electron chi connectivity index (χ0n) is 15.2. The van der Waals surface area contributed by atoms with Gasteiger partial charge in [-0.25, -0.2) is 14.5 Å². The highest BCUT2D eigenvalue weighted by atomic mass is 16.2. The number of rotatable bonds is 6. The third-order valence-corrected chi connectivity index (χ3v) is 3.97. The van der Waals surface area contributed by atoms with Crippen LogP contribution >= 0.6 is 0 Å². The fourth-order valence-corrected chi connectivity index (χ4v) is 2.77. The number of amides is 2. The molecule has 2 heterocycles. The minimum Gasteiger partial charge on any atom is -0.334 e. The van der Waals surface area contributed by atoms with Gasteiger partial charge in [0.15, 0.2) is 0 Å². The van der Waals surface area contributed by atoms with Crippen LogP contribution in [0.2, 0.25) is 0 Å². The number of hydrogen-bond donors (Lipinski definition) is 2. The zero-order chi connectivity index (χ0) is 18.5. The molecule has 0 radical (unpaired) electrons. The highest BCUT2D eigenvalue weighted by molar-refractivity contribution is 5.89. The Morgan fingerprint density at radius 1 is 1.27 bits per heavy atom. The number of anilines is 1. The Morgan fingerprint density at radius 3 is 2.85 bits per heavy atom. The maximum atomic E-state index is 12.4. The Kier molecular flexibility index (Phi) is 5.31. The predicted octanol–water partition coefficient (Wildman–Crippen LogP) is 2.35. The molecule has 2 aromatic heterocycles. The summed E-state index contributed by atoms with van der Waals surface area (Å²) in [4.78, 5) is 16.2. The Labute approximate surface area is 152 Å². The number of nitrogens with one attached hydrogen (secondary N) is 2. The standard InChI is InChI=1S/C18H23N7O/c1-13-5-4-6-16(7-13)10-25-17(14(2)8-20-25)23-18(26)22-15(3)9-24-12-19-11-21-24/h4-8,11-12,15H,9-10H2,1-3H3,(H2,22,23,26)/t15-/m1/s1. The summed E-state index contributed by atoms with van der Waals surface area (Å²) in [6.07, 6.45) is 4.85. The lowest BCUT2D eigenvalue weighted by molar-refractivity contribution is 0.247. The van der Waals surface area contributed by atoms with Gasteiger partial charge in [0.1, 0.15) is 18.5 Å². The molecule has 3 aromatic rings. The van der Waals surface area contributed by atoms with Crippen molar-refractivity contribution in [1.82, 2.24) is 29.9 Å². The largest absolute Gasteiger partial charge is 0.334 e. The molecule has 1 aromatic carbocycles. The van der Waals surface area contributed by atoms with Crippen LogP contribution in [0.5, 0.6) is 0 Å². The predicted molar refractivity (Wildman–Crippen MR) is 98.9 cm³/mol. The highest BCUT2D eigenvalue weighted by Crippen LogP contribution is 2.16. The monoisotopic (exact) mass is 353 g/mol. The van der Waals surface area contributed by atoms with E-state index in [-0.39, 0.29) is 12.1 Å². The summed E-state index contributed by atoms with van der Waals surface area (Å²) in [5, 5.41) is 14.2. The van der Waals surface area contributed by atoms with Crippen LogP contribution in [0.25, 0.3) is 0 Å². The molecule has 0 aliphatic rings. The molecule has 0 aliphatic carbocycles. The van der Waals surface area contributed by atoms with Gasteiger partial charge in [-0.3, -0.25) is 10.00 Å². The van der Waals surface area contributed by atoms with Crippen LogP contribution in [0, 0.1) is 13.8 Å². The Hall–Kier alpha value is -3.16. The summed E-state index contributed by atoms with van der Waals surface area (Å²) in [5.41, 5.74) is 3.24. The average Bonchev–Trinajstić information content (AvgIpc) is 3.20. The second kappa shape index (κ2) is 7.81. The summed E-state index contributed by atoms with van der Waals surface area (Å²) in [7, 11) is 0. The molecule has 8 nitrogen and oxygen atoms in total. The van der Waals surface area contributed by atoms with Crippen molar-refractivity contribution in [2.45, 2.75) is 39.9 Å². The van der Waals surface area contributed by atoms with Crippen LogP contribution in [0.3, 0.4) is 0 Å². The minimum atomic E-state index is -0.272. The van der Waals surface area contributed by atoms with Crippen molar-refractivity contribution < 1.29 is 4.79 Å². The summed E-state index contributed by atoms with van der Waals surface area (Å²) >= 11 is 0. The van der Waals surface area contributed by atoms with Gasteiger partial charge >= 0.3 is 6.03 Å². The van der Waals surface area contributed by atoms with Crippen molar-refractivity contribution in [2.75, 3.05) is 5.32 Å². The summed E-state index contributed by atoms with van der Waals surface area (Å²) in [6.45, 7) is 7.04. The molecule has 8 heteroatoms. The van der Waals surface area contributed by atoms with E-state index in [4.69, 9.17) is 0 Å². The van der Waals surface area contributed by atoms with E-state index in [9.17, 15) is 4.79 Å². The van der Waals surface area contributed by atoms with Gasteiger partial charge in [-0.2, -0.15) is 10.2 Å². The molecule has 2 N–H and O–H groups in total. The van der Waals surface area contributed by atoms with Crippen LogP contribution in [-0.2, 0) is 13.1 Å². The molecule has 0 saturated carbocycles. The van der Waals surface area contributed by atoms with Crippen LogP contribution in [0.4, 0.5) is 10.6 Å². The number of hydrogen-bond acceptors (Lipinski definition) is 4. The highest BCUT2D eigenvalue weighted by Gasteiger charge is 2.14. The van der Waals surface area contributed by atoms with E-state index >= 15 is 0 Å². The van der Waals surface area contributed by atoms with Gasteiger partial charge in [0.25, 0.3) is 0 Å². The summed E-state index contributed by atoms with van der Waals surface area (Å²) in [6, 6.07) is 7.87. The SMILES string of the molecule is Cc1cccc(Cn2ncc(C)c2NC(=O)N[C@H](C)Cn2cncn2)c1. The van der Waals surface area contributed by atoms with E-state index in [1.165, 1.54) is 11.9 Å². The fraction of sp³-hybridized carbons (Fsp3) is 0.333. The molecule has 26 heavy (non-hydrogen) atoms. The minimum absolute atomic E-state index is 0.0925. The van der Waals surface area contributed by atoms with Gasteiger partial charge in [-0.1, -0.05) is 29.8 Å². The number of urea groups is 1. The molecular weight excluding hydrogens is 330 g/mol. The van der Waals surface area contributed by atoms with Gasteiger partial charge in [-0.05, 0) is 26.3 Å². The molecule has 0 unspecified atom stereocenters. The smallest absolute Gasteiger partial charge is 0.320 e. The molecule has 0 bridgehead atoms. The molecule has 1 atom stereocenters. The van der Waals surface area contributed by atoms with Crippen molar-refractivity contribution in [3.63, 3.8) is 0 Å². The first kappa shape index (κ1) is 17.7. The quantitative estimate of drug-likeness (QED) is 0.712. The van der Waals surface area contributed by atoms with Crippen molar-refractivity contribution >= 4 is 11.8 Å². The van der Waals surface area contributed by atoms with Gasteiger partial charge in [0, 0.05) is 11.6 Å². The van der Waals surface area contributed by atoms with Gasteiger partial charge in [-0.15, -0.1) is 0 Å². The molecule has 136 valence electrons. The Balaban J connectivity index is 1.63. The van der Waals surface area contributed by atoms with Crippen molar-refractivity contribution in [3.8, 4) is 0 Å². The number of carbonyl (C=O) groups is 1. The van der Waals surface area contributed by atoms with Crippen molar-refractivity contribution in [3.05, 3.63) is 59.8 Å². The number of aryl methyl sites for hydroxylation is 2. The summed E-state index contributed by atoms with van der Waals surface area (Å²) in [5.74, 6) is 0.692. The maximum absolute atomic E-state index is 12.4. The van der Waals surface area contributed by atoms with Crippen LogP contribution < -0.4 is 10.6 Å². The Bertz CT molecular complexity index is 870. The van der Waals surface area contributed by atoms with Gasteiger partial charge < -0.3 is 5.32 Å². The third-order valence-electron chi connectivity index (χ3n) is 3.97. The molecule has 2 amide bonds. The summed E-state index contributed by atoms with van der Waals surface area (Å²) < 4.78 is 3.48. The molecule has 0 spiro atoms. The Morgan fingerprint density at radius 2 is 2.12 bits per heavy atom. The topological polar surface area (TPSA) is 89.7 Å². The fourth-order valence-electron chi connectivity index (χ4n) is 2.77. The van der Waals surface area contributed by atoms with Crippen molar-refractivity contribution in [2.24, 2.45) is 0 Å². The molecule has 0 saturated heterocycles. The second-order valence-electron chi connectivity index (χ2n) is 6.44. The van der Waals surface area contributed by atoms with Crippen LogP contribution in [0.1, 0.15) is 23.6 Å². The third kappa shape index (κ3) is 4.47. The lowest BCUT2D eigenvalue weighted by atomic mass is 10.1. The maximum Gasteiger partial charge on any atom is 0.320 e. The normalized spacial score (nSPS) is 12.0. The lowest BCUT2D eigenvalue weighted by Crippen LogP contribution is -2.39. The van der Waals surface area contributed by atoms with E-state index in [0.717, 1.165) is 11.1 Å². The van der Waals surface area contributed by atoms with E-state index in [2.05, 4.69) is 44.9 Å². The van der Waals surface area contributed by atoms with Crippen LogP contribution in [-0.4, -0.2) is 36.6 Å². The first-order chi connectivity index (χ1) is 12.5. The number of nitrogens with zero attached hydrogens (tertiary/aromatic N) is 5. The lowest BCUT2D eigenvalue weighted by Gasteiger charge is -2.16. The van der Waals surface area contributed by atoms with Gasteiger partial charge in [0.2, 0.25) is 0 Å². The zero-order valence-corrected chi connectivity index (χ0v) is 15.2. The van der Waals surface area contributed by atoms with E-state index in [1.54, 1.807) is 21.9 Å². The number of benzene rings is 1. The van der Waals surface area contributed by atoms with E-state index < -0.39 is 0 Å². The van der Waals surface area contributed by atoms with Gasteiger partial charge in [0.05, 0.1) is 19.3 Å². The van der Waals surface area contributed by atoms with Crippen molar-refractivity contribution in [1.29, 1.82) is 0 Å².